The second-order valence-corrected chi connectivity index (χ2v) is 3.08. The highest BCUT2D eigenvalue weighted by molar-refractivity contribution is 5.75. The van der Waals surface area contributed by atoms with Crippen molar-refractivity contribution in [2.24, 2.45) is 14.1 Å². The summed E-state index contributed by atoms with van der Waals surface area (Å²) in [7, 11) is 4.00. The monoisotopic (exact) mass is 164 g/mol. The summed E-state index contributed by atoms with van der Waals surface area (Å²) in [6.07, 6.45) is 0. The zero-order valence-corrected chi connectivity index (χ0v) is 7.79. The number of aryl methyl sites for hydroxylation is 4. The molecule has 4 nitrogen and oxygen atoms in total. The summed E-state index contributed by atoms with van der Waals surface area (Å²) in [5, 5.41) is 0. The highest BCUT2D eigenvalue weighted by Crippen LogP contribution is 2.16. The Morgan fingerprint density at radius 1 is 1.00 bits per heavy atom. The molecule has 0 saturated carbocycles. The summed E-state index contributed by atoms with van der Waals surface area (Å²) in [4.78, 5) is 8.62. The van der Waals surface area contributed by atoms with E-state index in [4.69, 9.17) is 0 Å². The van der Waals surface area contributed by atoms with Crippen LogP contribution in [0.25, 0.3) is 11.2 Å². The highest BCUT2D eigenvalue weighted by Gasteiger charge is 2.12. The van der Waals surface area contributed by atoms with Crippen molar-refractivity contribution in [1.29, 1.82) is 0 Å². The highest BCUT2D eigenvalue weighted by atomic mass is 15.4. The summed E-state index contributed by atoms with van der Waals surface area (Å²) >= 11 is 0. The zero-order chi connectivity index (χ0) is 8.88. The molecule has 0 aliphatic heterocycles. The lowest BCUT2D eigenvalue weighted by Crippen LogP contribution is -2.20. The maximum absolute atomic E-state index is 4.33. The van der Waals surface area contributed by atoms with E-state index >= 15 is 0 Å². The molecule has 12 heavy (non-hydrogen) atoms. The summed E-state index contributed by atoms with van der Waals surface area (Å²) in [6, 6.07) is 0. The molecule has 0 bridgehead atoms. The van der Waals surface area contributed by atoms with Gasteiger partial charge >= 0.3 is 0 Å². The molecule has 2 heterocycles. The molecule has 0 radical (unpaired) electrons. The van der Waals surface area contributed by atoms with E-state index in [1.54, 1.807) is 0 Å². The molecular weight excluding hydrogens is 152 g/mol. The quantitative estimate of drug-likeness (QED) is 0.580. The van der Waals surface area contributed by atoms with Crippen molar-refractivity contribution in [3.8, 4) is 0 Å². The Morgan fingerprint density at radius 3 is 2.33 bits per heavy atom. The Morgan fingerprint density at radius 2 is 1.67 bits per heavy atom. The molecule has 2 rings (SSSR count). The van der Waals surface area contributed by atoms with Gasteiger partial charge in [-0.25, -0.2) is 9.97 Å². The summed E-state index contributed by atoms with van der Waals surface area (Å²) in [5.41, 5.74) is 3.23. The third kappa shape index (κ3) is 0.719. The molecule has 0 aromatic carbocycles. The van der Waals surface area contributed by atoms with Gasteiger partial charge in [-0.1, -0.05) is 0 Å². The lowest BCUT2D eigenvalue weighted by Gasteiger charge is -2.20. The molecule has 0 unspecified atom stereocenters. The molecule has 0 N–H and O–H groups in total. The minimum atomic E-state index is 0.839. The molecule has 0 aliphatic rings. The van der Waals surface area contributed by atoms with E-state index in [1.807, 2.05) is 37.3 Å². The minimum Gasteiger partial charge on any atom is -0.282 e. The summed E-state index contributed by atoms with van der Waals surface area (Å²) in [5.74, 6) is 0.839. The third-order valence-corrected chi connectivity index (χ3v) is 2.23. The van der Waals surface area contributed by atoms with E-state index in [1.165, 1.54) is 0 Å². The number of aromatic nitrogens is 4. The number of hydrogen-bond acceptors (Lipinski definition) is 2. The lowest BCUT2D eigenvalue weighted by molar-refractivity contribution is 0.574. The Hall–Kier alpha value is -1.32. The van der Waals surface area contributed by atoms with Gasteiger partial charge in [-0.2, -0.15) is 0 Å². The molecule has 4 heteroatoms. The molecule has 2 aromatic rings. The van der Waals surface area contributed by atoms with Gasteiger partial charge in [-0.15, -0.1) is 0 Å². The Kier molecular flexibility index (Phi) is 1.28. The van der Waals surface area contributed by atoms with Crippen LogP contribution >= 0.6 is 0 Å². The van der Waals surface area contributed by atoms with Gasteiger partial charge in [-0.05, 0) is 13.8 Å². The van der Waals surface area contributed by atoms with Crippen LogP contribution in [0.2, 0.25) is 0 Å². The molecule has 0 atom stereocenters. The van der Waals surface area contributed by atoms with E-state index < -0.39 is 0 Å². The fourth-order valence-electron chi connectivity index (χ4n) is 1.54. The van der Waals surface area contributed by atoms with Gasteiger partial charge < -0.3 is 0 Å². The molecule has 0 saturated heterocycles. The normalized spacial score (nSPS) is 11.3. The van der Waals surface area contributed by atoms with E-state index in [9.17, 15) is 0 Å². The number of fused-ring (bicyclic) bond motifs is 1. The van der Waals surface area contributed by atoms with Gasteiger partial charge in [0.2, 0.25) is 0 Å². The van der Waals surface area contributed by atoms with Crippen molar-refractivity contribution in [1.82, 2.24) is 19.3 Å². The smallest absolute Gasteiger partial charge is 0.176 e. The number of hydrogen-bond donors (Lipinski definition) is 0. The average Bonchev–Trinajstić information content (AvgIpc) is 2.02. The van der Waals surface area contributed by atoms with Crippen LogP contribution in [0, 0.1) is 13.8 Å². The van der Waals surface area contributed by atoms with Gasteiger partial charge in [-0.3, -0.25) is 9.36 Å². The van der Waals surface area contributed by atoms with Crippen LogP contribution in [0.1, 0.15) is 11.5 Å². The van der Waals surface area contributed by atoms with Crippen LogP contribution in [-0.2, 0) is 14.1 Å². The van der Waals surface area contributed by atoms with Crippen molar-refractivity contribution < 1.29 is 0 Å². The van der Waals surface area contributed by atoms with E-state index in [0.717, 1.165) is 22.7 Å². The van der Waals surface area contributed by atoms with Gasteiger partial charge in [0.15, 0.2) is 5.65 Å². The molecule has 0 spiro atoms. The fourth-order valence-corrected chi connectivity index (χ4v) is 1.54. The summed E-state index contributed by atoms with van der Waals surface area (Å²) < 4.78 is 4.06. The minimum absolute atomic E-state index is 0.839. The molecule has 0 aliphatic carbocycles. The topological polar surface area (TPSA) is 35.6 Å². The predicted molar refractivity (Wildman–Crippen MR) is 47.0 cm³/mol. The first-order valence-corrected chi connectivity index (χ1v) is 3.94. The fraction of sp³-hybridized carbons (Fsp3) is 0.500. The first-order valence-electron chi connectivity index (χ1n) is 3.94. The van der Waals surface area contributed by atoms with Gasteiger partial charge in [0.05, 0.1) is 5.69 Å². The Labute approximate surface area is 70.8 Å². The first kappa shape index (κ1) is 7.34. The van der Waals surface area contributed by atoms with Gasteiger partial charge in [0, 0.05) is 14.1 Å². The number of rotatable bonds is 0. The van der Waals surface area contributed by atoms with Gasteiger partial charge in [0.25, 0.3) is 0 Å². The van der Waals surface area contributed by atoms with Crippen LogP contribution in [0.5, 0.6) is 0 Å². The zero-order valence-electron chi connectivity index (χ0n) is 7.79. The molecule has 0 amide bonds. The number of nitrogens with zero attached hydrogens (tertiary/aromatic N) is 4. The standard InChI is InChI=1S/C8H12N4/c1-5-7-8(10-6(2)9-5)12(4)11(7)3/h1-4H3. The van der Waals surface area contributed by atoms with E-state index in [2.05, 4.69) is 9.97 Å². The second kappa shape index (κ2) is 2.09. The SMILES string of the molecule is Cc1nc(C)c2c(n1)n(C)n2C. The Balaban J connectivity index is 2.84. The largest absolute Gasteiger partial charge is 0.282 e. The maximum atomic E-state index is 4.33. The van der Waals surface area contributed by atoms with Crippen LogP contribution in [0.4, 0.5) is 0 Å². The van der Waals surface area contributed by atoms with Crippen molar-refractivity contribution in [3.63, 3.8) is 0 Å². The molecule has 0 fully saturated rings. The van der Waals surface area contributed by atoms with Crippen LogP contribution in [0.15, 0.2) is 0 Å². The van der Waals surface area contributed by atoms with Crippen molar-refractivity contribution in [2.75, 3.05) is 0 Å². The van der Waals surface area contributed by atoms with Crippen LogP contribution in [0.3, 0.4) is 0 Å². The van der Waals surface area contributed by atoms with E-state index in [0.29, 0.717) is 0 Å². The van der Waals surface area contributed by atoms with Gasteiger partial charge in [0.1, 0.15) is 11.3 Å². The maximum Gasteiger partial charge on any atom is 0.176 e. The molecular formula is C8H12N4. The first-order chi connectivity index (χ1) is 5.61. The predicted octanol–water partition coefficient (Wildman–Crippen LogP) is 0.924. The second-order valence-electron chi connectivity index (χ2n) is 3.08. The van der Waals surface area contributed by atoms with Crippen molar-refractivity contribution in [3.05, 3.63) is 11.5 Å². The van der Waals surface area contributed by atoms with Crippen LogP contribution in [-0.4, -0.2) is 19.3 Å². The third-order valence-electron chi connectivity index (χ3n) is 2.23. The molecule has 64 valence electrons. The van der Waals surface area contributed by atoms with E-state index in [-0.39, 0.29) is 0 Å². The summed E-state index contributed by atoms with van der Waals surface area (Å²) in [6.45, 7) is 3.93. The average molecular weight is 164 g/mol. The lowest BCUT2D eigenvalue weighted by atomic mass is 10.3. The van der Waals surface area contributed by atoms with Crippen LogP contribution < -0.4 is 0 Å². The molecule has 2 aromatic heterocycles. The van der Waals surface area contributed by atoms with Crippen molar-refractivity contribution in [2.45, 2.75) is 13.8 Å². The van der Waals surface area contributed by atoms with Crippen molar-refractivity contribution >= 4 is 11.2 Å². The Bertz CT molecular complexity index is 435.